The number of hydrogen-bond donors (Lipinski definition) is 0. The van der Waals surface area contributed by atoms with E-state index in [9.17, 15) is 4.79 Å². The highest BCUT2D eigenvalue weighted by molar-refractivity contribution is 6.31. The molecule has 0 spiro atoms. The summed E-state index contributed by atoms with van der Waals surface area (Å²) in [6.45, 7) is 4.24. The zero-order chi connectivity index (χ0) is 14.1. The molecule has 0 unspecified atom stereocenters. The lowest BCUT2D eigenvalue weighted by Crippen LogP contribution is -2.33. The first-order chi connectivity index (χ1) is 9.17. The Morgan fingerprint density at radius 3 is 2.74 bits per heavy atom. The van der Waals surface area contributed by atoms with Crippen LogP contribution in [-0.4, -0.2) is 44.3 Å². The second-order valence-electron chi connectivity index (χ2n) is 4.10. The first-order valence-electron chi connectivity index (χ1n) is 6.27. The Balaban J connectivity index is 2.63. The molecule has 0 bridgehead atoms. The molecule has 0 N–H and O–H groups in total. The molecule has 5 heteroatoms. The van der Waals surface area contributed by atoms with Gasteiger partial charge in [-0.1, -0.05) is 29.8 Å². The van der Waals surface area contributed by atoms with E-state index in [-0.39, 0.29) is 12.5 Å². The standard InChI is InChI=1S/C14H20ClNO3/c1-3-19-14(17)11-16(8-9-18-2)10-12-6-4-5-7-13(12)15/h4-7H,3,8-11H2,1-2H3. The van der Waals surface area contributed by atoms with Gasteiger partial charge < -0.3 is 9.47 Å². The van der Waals surface area contributed by atoms with Crippen molar-refractivity contribution in [3.8, 4) is 0 Å². The summed E-state index contributed by atoms with van der Waals surface area (Å²) in [4.78, 5) is 13.5. The molecule has 0 atom stereocenters. The molecule has 0 aliphatic heterocycles. The van der Waals surface area contributed by atoms with Crippen molar-refractivity contribution in [2.45, 2.75) is 13.5 Å². The minimum Gasteiger partial charge on any atom is -0.465 e. The van der Waals surface area contributed by atoms with Crippen LogP contribution in [0.2, 0.25) is 5.02 Å². The lowest BCUT2D eigenvalue weighted by molar-refractivity contribution is -0.144. The van der Waals surface area contributed by atoms with Gasteiger partial charge in [0.2, 0.25) is 0 Å². The van der Waals surface area contributed by atoms with Gasteiger partial charge in [-0.25, -0.2) is 0 Å². The summed E-state index contributed by atoms with van der Waals surface area (Å²) in [5.41, 5.74) is 0.990. The number of rotatable bonds is 8. The van der Waals surface area contributed by atoms with E-state index >= 15 is 0 Å². The van der Waals surface area contributed by atoms with E-state index in [1.54, 1.807) is 14.0 Å². The lowest BCUT2D eigenvalue weighted by atomic mass is 10.2. The molecular weight excluding hydrogens is 266 g/mol. The Morgan fingerprint density at radius 2 is 2.11 bits per heavy atom. The Labute approximate surface area is 119 Å². The molecule has 0 radical (unpaired) electrons. The van der Waals surface area contributed by atoms with Crippen molar-refractivity contribution in [3.05, 3.63) is 34.9 Å². The van der Waals surface area contributed by atoms with Crippen molar-refractivity contribution < 1.29 is 14.3 Å². The quantitative estimate of drug-likeness (QED) is 0.687. The molecule has 0 saturated carbocycles. The molecule has 0 amide bonds. The topological polar surface area (TPSA) is 38.8 Å². The molecule has 19 heavy (non-hydrogen) atoms. The second-order valence-corrected chi connectivity index (χ2v) is 4.51. The molecule has 0 saturated heterocycles. The number of carbonyl (C=O) groups excluding carboxylic acids is 1. The molecule has 4 nitrogen and oxygen atoms in total. The monoisotopic (exact) mass is 285 g/mol. The fourth-order valence-electron chi connectivity index (χ4n) is 1.69. The number of hydrogen-bond acceptors (Lipinski definition) is 4. The summed E-state index contributed by atoms with van der Waals surface area (Å²) in [6, 6.07) is 7.61. The van der Waals surface area contributed by atoms with Gasteiger partial charge in [0, 0.05) is 25.2 Å². The molecule has 0 aromatic heterocycles. The molecular formula is C14H20ClNO3. The second kappa shape index (κ2) is 8.91. The molecule has 0 aliphatic carbocycles. The predicted molar refractivity (Wildman–Crippen MR) is 75.2 cm³/mol. The summed E-state index contributed by atoms with van der Waals surface area (Å²) in [5, 5.41) is 0.703. The summed E-state index contributed by atoms with van der Waals surface area (Å²) in [5.74, 6) is -0.231. The van der Waals surface area contributed by atoms with Crippen LogP contribution in [0, 0.1) is 0 Å². The van der Waals surface area contributed by atoms with Gasteiger partial charge in [0.15, 0.2) is 0 Å². The Hall–Kier alpha value is -1.10. The lowest BCUT2D eigenvalue weighted by Gasteiger charge is -2.21. The van der Waals surface area contributed by atoms with Crippen LogP contribution in [0.25, 0.3) is 0 Å². The van der Waals surface area contributed by atoms with Gasteiger partial charge in [0.05, 0.1) is 19.8 Å². The SMILES string of the molecule is CCOC(=O)CN(CCOC)Cc1ccccc1Cl. The highest BCUT2D eigenvalue weighted by Gasteiger charge is 2.13. The highest BCUT2D eigenvalue weighted by Crippen LogP contribution is 2.16. The van der Waals surface area contributed by atoms with Crippen molar-refractivity contribution in [2.24, 2.45) is 0 Å². The van der Waals surface area contributed by atoms with Crippen LogP contribution in [-0.2, 0) is 20.8 Å². The van der Waals surface area contributed by atoms with Gasteiger partial charge in [0.25, 0.3) is 0 Å². The number of halogens is 1. The third kappa shape index (κ3) is 6.05. The number of benzene rings is 1. The van der Waals surface area contributed by atoms with Crippen LogP contribution in [0.3, 0.4) is 0 Å². The number of carbonyl (C=O) groups is 1. The Kier molecular flexibility index (Phi) is 7.48. The van der Waals surface area contributed by atoms with E-state index in [0.29, 0.717) is 31.3 Å². The van der Waals surface area contributed by atoms with Crippen molar-refractivity contribution in [2.75, 3.05) is 33.4 Å². The average molecular weight is 286 g/mol. The number of esters is 1. The number of methoxy groups -OCH3 is 1. The van der Waals surface area contributed by atoms with E-state index in [0.717, 1.165) is 5.56 Å². The highest BCUT2D eigenvalue weighted by atomic mass is 35.5. The van der Waals surface area contributed by atoms with Gasteiger partial charge in [-0.05, 0) is 18.6 Å². The zero-order valence-electron chi connectivity index (χ0n) is 11.4. The van der Waals surface area contributed by atoms with E-state index < -0.39 is 0 Å². The normalized spacial score (nSPS) is 10.7. The maximum Gasteiger partial charge on any atom is 0.320 e. The Bertz CT molecular complexity index is 398. The molecule has 0 aliphatic rings. The minimum atomic E-state index is -0.231. The third-order valence-corrected chi connectivity index (χ3v) is 2.99. The Morgan fingerprint density at radius 1 is 1.37 bits per heavy atom. The first kappa shape index (κ1) is 16.0. The number of nitrogens with zero attached hydrogens (tertiary/aromatic N) is 1. The predicted octanol–water partition coefficient (Wildman–Crippen LogP) is 2.35. The van der Waals surface area contributed by atoms with Gasteiger partial charge in [-0.2, -0.15) is 0 Å². The van der Waals surface area contributed by atoms with Crippen LogP contribution in [0.4, 0.5) is 0 Å². The minimum absolute atomic E-state index is 0.231. The molecule has 0 fully saturated rings. The first-order valence-corrected chi connectivity index (χ1v) is 6.65. The molecule has 1 aromatic rings. The van der Waals surface area contributed by atoms with Crippen molar-refractivity contribution >= 4 is 17.6 Å². The average Bonchev–Trinajstić information content (AvgIpc) is 2.39. The van der Waals surface area contributed by atoms with Crippen LogP contribution < -0.4 is 0 Å². The van der Waals surface area contributed by atoms with Gasteiger partial charge in [-0.3, -0.25) is 9.69 Å². The van der Waals surface area contributed by atoms with Crippen LogP contribution in [0.1, 0.15) is 12.5 Å². The molecule has 1 aromatic carbocycles. The summed E-state index contributed by atoms with van der Waals surface area (Å²) in [7, 11) is 1.64. The van der Waals surface area contributed by atoms with Crippen molar-refractivity contribution in [1.29, 1.82) is 0 Å². The molecule has 1 rings (SSSR count). The maximum absolute atomic E-state index is 11.6. The summed E-state index contributed by atoms with van der Waals surface area (Å²) in [6.07, 6.45) is 0. The van der Waals surface area contributed by atoms with E-state index in [4.69, 9.17) is 21.1 Å². The summed E-state index contributed by atoms with van der Waals surface area (Å²) < 4.78 is 10.0. The van der Waals surface area contributed by atoms with Gasteiger partial charge in [-0.15, -0.1) is 0 Å². The third-order valence-electron chi connectivity index (χ3n) is 2.62. The molecule has 106 valence electrons. The van der Waals surface area contributed by atoms with E-state index in [1.165, 1.54) is 0 Å². The maximum atomic E-state index is 11.6. The van der Waals surface area contributed by atoms with Gasteiger partial charge in [0.1, 0.15) is 0 Å². The van der Waals surface area contributed by atoms with Gasteiger partial charge >= 0.3 is 5.97 Å². The zero-order valence-corrected chi connectivity index (χ0v) is 12.2. The van der Waals surface area contributed by atoms with Crippen LogP contribution >= 0.6 is 11.6 Å². The fraction of sp³-hybridized carbons (Fsp3) is 0.500. The van der Waals surface area contributed by atoms with Crippen molar-refractivity contribution in [3.63, 3.8) is 0 Å². The smallest absolute Gasteiger partial charge is 0.320 e. The van der Waals surface area contributed by atoms with Crippen LogP contribution in [0.15, 0.2) is 24.3 Å². The fourth-order valence-corrected chi connectivity index (χ4v) is 1.89. The summed E-state index contributed by atoms with van der Waals surface area (Å²) >= 11 is 6.13. The number of ether oxygens (including phenoxy) is 2. The van der Waals surface area contributed by atoms with E-state index in [1.807, 2.05) is 29.2 Å². The van der Waals surface area contributed by atoms with Crippen LogP contribution in [0.5, 0.6) is 0 Å². The largest absolute Gasteiger partial charge is 0.465 e. The molecule has 0 heterocycles. The van der Waals surface area contributed by atoms with E-state index in [2.05, 4.69) is 0 Å². The van der Waals surface area contributed by atoms with Crippen molar-refractivity contribution in [1.82, 2.24) is 4.90 Å².